The van der Waals surface area contributed by atoms with Crippen molar-refractivity contribution in [2.45, 2.75) is 6.42 Å². The molecule has 0 heterocycles. The van der Waals surface area contributed by atoms with Gasteiger partial charge in [0.1, 0.15) is 0 Å². The summed E-state index contributed by atoms with van der Waals surface area (Å²) in [6.07, 6.45) is -0.551. The summed E-state index contributed by atoms with van der Waals surface area (Å²) in [6, 6.07) is 7.45. The van der Waals surface area contributed by atoms with Gasteiger partial charge in [-0.3, -0.25) is 4.79 Å². The number of aliphatic carboxylic acids is 1. The van der Waals surface area contributed by atoms with Crippen LogP contribution < -0.4 is 0 Å². The number of carbonyl (C=O) groups excluding carboxylic acids is 1. The first-order valence-corrected chi connectivity index (χ1v) is 5.82. The van der Waals surface area contributed by atoms with E-state index in [0.717, 1.165) is 0 Å². The third kappa shape index (κ3) is 3.01. The highest BCUT2D eigenvalue weighted by molar-refractivity contribution is 6.35. The van der Waals surface area contributed by atoms with Gasteiger partial charge in [-0.1, -0.05) is 54.0 Å². The van der Waals surface area contributed by atoms with E-state index < -0.39 is 24.2 Å². The lowest BCUT2D eigenvalue weighted by molar-refractivity contribution is -0.148. The number of ketones is 1. The second-order valence-electron chi connectivity index (χ2n) is 3.81. The summed E-state index contributed by atoms with van der Waals surface area (Å²) < 4.78 is 23.5. The first kappa shape index (κ1) is 9.75. The Hall–Kier alpha value is -2.13. The van der Waals surface area contributed by atoms with E-state index in [1.807, 2.05) is 0 Å². The molecule has 0 aliphatic heterocycles. The van der Waals surface area contributed by atoms with Gasteiger partial charge >= 0.3 is 5.97 Å². The monoisotopic (exact) mass is 277 g/mol. The molecule has 1 N–H and O–H groups in total. The van der Waals surface area contributed by atoms with Crippen molar-refractivity contribution in [2.75, 3.05) is 0 Å². The standard InChI is InChI=1S/C15H11ClO3/c16-12-8-4-7-11(9-13(17)15(18)19)14(12)10-5-2-1-3-6-10/h1-8H,9H2,(H,18,19)/i4D,7D,8D. The Bertz CT molecular complexity index is 761. The van der Waals surface area contributed by atoms with E-state index in [0.29, 0.717) is 5.56 Å². The van der Waals surface area contributed by atoms with E-state index in [4.69, 9.17) is 20.8 Å². The van der Waals surface area contributed by atoms with Crippen molar-refractivity contribution in [1.82, 2.24) is 0 Å². The van der Waals surface area contributed by atoms with Crippen LogP contribution in [0.25, 0.3) is 11.1 Å². The third-order valence-corrected chi connectivity index (χ3v) is 2.83. The topological polar surface area (TPSA) is 54.4 Å². The van der Waals surface area contributed by atoms with Crippen molar-refractivity contribution in [3.05, 3.63) is 59.0 Å². The summed E-state index contributed by atoms with van der Waals surface area (Å²) in [5, 5.41) is 8.69. The number of rotatable bonds is 4. The van der Waals surface area contributed by atoms with Crippen LogP contribution in [-0.2, 0) is 16.0 Å². The van der Waals surface area contributed by atoms with E-state index in [9.17, 15) is 9.59 Å². The Kier molecular flexibility index (Phi) is 2.91. The zero-order valence-corrected chi connectivity index (χ0v) is 10.5. The molecule has 2 rings (SSSR count). The van der Waals surface area contributed by atoms with Crippen LogP contribution in [-0.4, -0.2) is 16.9 Å². The molecule has 0 radical (unpaired) electrons. The second kappa shape index (κ2) is 5.67. The molecule has 0 aromatic heterocycles. The quantitative estimate of drug-likeness (QED) is 0.873. The molecule has 0 spiro atoms. The molecule has 4 heteroatoms. The molecule has 96 valence electrons. The van der Waals surface area contributed by atoms with E-state index in [-0.39, 0.29) is 28.2 Å². The Labute approximate surface area is 119 Å². The van der Waals surface area contributed by atoms with Gasteiger partial charge in [-0.15, -0.1) is 0 Å². The number of carboxylic acid groups (broad SMARTS) is 1. The Morgan fingerprint density at radius 3 is 2.53 bits per heavy atom. The fourth-order valence-electron chi connectivity index (χ4n) is 1.69. The predicted octanol–water partition coefficient (Wildman–Crippen LogP) is 3.20. The number of hydrogen-bond donors (Lipinski definition) is 1. The summed E-state index contributed by atoms with van der Waals surface area (Å²) in [5.74, 6) is -2.71. The summed E-state index contributed by atoms with van der Waals surface area (Å²) in [7, 11) is 0. The molecule has 0 atom stereocenters. The normalized spacial score (nSPS) is 12.4. The van der Waals surface area contributed by atoms with Crippen molar-refractivity contribution in [3.8, 4) is 11.1 Å². The van der Waals surface area contributed by atoms with Gasteiger partial charge in [0.05, 0.1) is 4.11 Å². The van der Waals surface area contributed by atoms with Crippen LogP contribution in [0.5, 0.6) is 0 Å². The number of carbonyl (C=O) groups is 2. The fourth-order valence-corrected chi connectivity index (χ4v) is 1.96. The molecular weight excluding hydrogens is 264 g/mol. The highest BCUT2D eigenvalue weighted by atomic mass is 35.5. The van der Waals surface area contributed by atoms with Crippen molar-refractivity contribution < 1.29 is 18.8 Å². The van der Waals surface area contributed by atoms with Gasteiger partial charge in [-0.25, -0.2) is 4.79 Å². The maximum Gasteiger partial charge on any atom is 0.372 e. The maximum absolute atomic E-state index is 11.5. The van der Waals surface area contributed by atoms with Gasteiger partial charge in [-0.2, -0.15) is 0 Å². The van der Waals surface area contributed by atoms with Crippen LogP contribution in [0.15, 0.2) is 48.5 Å². The van der Waals surface area contributed by atoms with Crippen LogP contribution in [0.2, 0.25) is 5.02 Å². The summed E-state index contributed by atoms with van der Waals surface area (Å²) >= 11 is 6.12. The lowest BCUT2D eigenvalue weighted by atomic mass is 9.96. The molecular formula is C15H11ClO3. The van der Waals surface area contributed by atoms with Gasteiger partial charge in [0.2, 0.25) is 5.78 Å². The van der Waals surface area contributed by atoms with Gasteiger partial charge in [0.15, 0.2) is 0 Å². The molecule has 3 nitrogen and oxygen atoms in total. The summed E-state index contributed by atoms with van der Waals surface area (Å²) in [6.45, 7) is 0. The Balaban J connectivity index is 2.74. The van der Waals surface area contributed by atoms with Gasteiger partial charge in [0.25, 0.3) is 0 Å². The van der Waals surface area contributed by atoms with E-state index in [1.165, 1.54) is 0 Å². The minimum atomic E-state index is -1.61. The minimum Gasteiger partial charge on any atom is -0.475 e. The van der Waals surface area contributed by atoms with E-state index in [1.54, 1.807) is 30.3 Å². The van der Waals surface area contributed by atoms with Crippen LogP contribution in [0.1, 0.15) is 9.68 Å². The lowest BCUT2D eigenvalue weighted by Gasteiger charge is -2.10. The number of hydrogen-bond acceptors (Lipinski definition) is 2. The van der Waals surface area contributed by atoms with Crippen molar-refractivity contribution in [2.24, 2.45) is 0 Å². The van der Waals surface area contributed by atoms with Crippen LogP contribution in [0.3, 0.4) is 0 Å². The van der Waals surface area contributed by atoms with Gasteiger partial charge in [0, 0.05) is 17.0 Å². The fraction of sp³-hybridized carbons (Fsp3) is 0.0667. The first-order chi connectivity index (χ1) is 10.3. The molecule has 0 amide bonds. The molecule has 2 aromatic rings. The molecule has 0 fully saturated rings. The Morgan fingerprint density at radius 1 is 1.21 bits per heavy atom. The van der Waals surface area contributed by atoms with Crippen LogP contribution >= 0.6 is 11.6 Å². The maximum atomic E-state index is 11.5. The molecule has 19 heavy (non-hydrogen) atoms. The largest absolute Gasteiger partial charge is 0.475 e. The van der Waals surface area contributed by atoms with Crippen molar-refractivity contribution >= 4 is 23.4 Å². The van der Waals surface area contributed by atoms with E-state index in [2.05, 4.69) is 0 Å². The minimum absolute atomic E-state index is 0.0459. The second-order valence-corrected chi connectivity index (χ2v) is 4.19. The molecule has 0 bridgehead atoms. The lowest BCUT2D eigenvalue weighted by Crippen LogP contribution is -2.15. The van der Waals surface area contributed by atoms with Crippen molar-refractivity contribution in [1.29, 1.82) is 0 Å². The highest BCUT2D eigenvalue weighted by Gasteiger charge is 2.16. The van der Waals surface area contributed by atoms with Crippen LogP contribution in [0, 0.1) is 0 Å². The molecule has 0 aliphatic carbocycles. The molecule has 2 aromatic carbocycles. The number of carboxylic acids is 1. The molecule has 0 unspecified atom stereocenters. The highest BCUT2D eigenvalue weighted by Crippen LogP contribution is 2.31. The predicted molar refractivity (Wildman–Crippen MR) is 73.2 cm³/mol. The van der Waals surface area contributed by atoms with Crippen molar-refractivity contribution in [3.63, 3.8) is 0 Å². The first-order valence-electron chi connectivity index (χ1n) is 6.94. The molecule has 0 saturated heterocycles. The number of Topliss-reactive ketones (excluding diaryl/α,β-unsaturated/α-hetero) is 1. The van der Waals surface area contributed by atoms with Gasteiger partial charge < -0.3 is 5.11 Å². The molecule has 0 aliphatic rings. The van der Waals surface area contributed by atoms with Gasteiger partial charge in [-0.05, 0) is 17.2 Å². The SMILES string of the molecule is [2H]c1c([2H])c(Cl)c(-c2ccccc2)c(CC(=O)C(=O)O)c1[2H]. The van der Waals surface area contributed by atoms with E-state index >= 15 is 0 Å². The number of benzene rings is 2. The average molecular weight is 278 g/mol. The zero-order chi connectivity index (χ0) is 16.4. The summed E-state index contributed by atoms with van der Waals surface area (Å²) in [5.41, 5.74) is 0.857. The average Bonchev–Trinajstić information content (AvgIpc) is 2.51. The smallest absolute Gasteiger partial charge is 0.372 e. The molecule has 0 saturated carbocycles. The Morgan fingerprint density at radius 2 is 1.89 bits per heavy atom. The summed E-state index contributed by atoms with van der Waals surface area (Å²) in [4.78, 5) is 22.3. The van der Waals surface area contributed by atoms with Crippen LogP contribution in [0.4, 0.5) is 0 Å². The third-order valence-electron chi connectivity index (χ3n) is 2.55. The number of halogens is 1. The zero-order valence-electron chi connectivity index (χ0n) is 12.7.